The summed E-state index contributed by atoms with van der Waals surface area (Å²) in [5, 5.41) is 3.73. The lowest BCUT2D eigenvalue weighted by atomic mass is 9.80. The van der Waals surface area contributed by atoms with Gasteiger partial charge >= 0.3 is 6.18 Å². The highest BCUT2D eigenvalue weighted by Gasteiger charge is 2.60. The molecule has 1 aliphatic carbocycles. The summed E-state index contributed by atoms with van der Waals surface area (Å²) < 4.78 is 56.6. The minimum Gasteiger partial charge on any atom is -0.379 e. The number of carbonyl (C=O) groups is 1. The number of alkyl halides is 3. The van der Waals surface area contributed by atoms with Gasteiger partial charge in [-0.05, 0) is 38.2 Å². The summed E-state index contributed by atoms with van der Waals surface area (Å²) >= 11 is 0. The topological polar surface area (TPSA) is 89.0 Å². The molecule has 0 aromatic carbocycles. The number of hydrogen-bond donors (Lipinski definition) is 1. The van der Waals surface area contributed by atoms with Crippen LogP contribution < -0.4 is 10.2 Å². The first-order valence-electron chi connectivity index (χ1n) is 12.7. The molecule has 5 heterocycles. The number of amides is 1. The molecule has 2 bridgehead atoms. The zero-order valence-corrected chi connectivity index (χ0v) is 20.2. The summed E-state index contributed by atoms with van der Waals surface area (Å²) in [5.74, 6) is 0.209. The van der Waals surface area contributed by atoms with Crippen LogP contribution in [0.4, 0.5) is 19.1 Å². The predicted octanol–water partition coefficient (Wildman–Crippen LogP) is 1.62. The average Bonchev–Trinajstić information content (AvgIpc) is 3.63. The molecule has 1 aromatic rings. The molecule has 198 valence electrons. The van der Waals surface area contributed by atoms with Crippen LogP contribution in [0.25, 0.3) is 0 Å². The largest absolute Gasteiger partial charge is 0.433 e. The van der Waals surface area contributed by atoms with Crippen LogP contribution in [0.3, 0.4) is 0 Å². The van der Waals surface area contributed by atoms with E-state index in [1.165, 1.54) is 0 Å². The second kappa shape index (κ2) is 9.07. The number of piperazine rings is 1. The van der Waals surface area contributed by atoms with Gasteiger partial charge in [0.15, 0.2) is 0 Å². The van der Waals surface area contributed by atoms with Gasteiger partial charge in [0, 0.05) is 51.7 Å². The summed E-state index contributed by atoms with van der Waals surface area (Å²) in [6, 6.07) is 1.09. The van der Waals surface area contributed by atoms with Gasteiger partial charge in [-0.2, -0.15) is 13.2 Å². The highest BCUT2D eigenvalue weighted by Crippen LogP contribution is 2.50. The second-order valence-corrected chi connectivity index (χ2v) is 10.7. The molecule has 12 heteroatoms. The van der Waals surface area contributed by atoms with Crippen molar-refractivity contribution in [3.8, 4) is 0 Å². The van der Waals surface area contributed by atoms with Crippen LogP contribution in [0.2, 0.25) is 0 Å². The summed E-state index contributed by atoms with van der Waals surface area (Å²) in [6.45, 7) is 2.75. The lowest BCUT2D eigenvalue weighted by Crippen LogP contribution is -2.55. The lowest BCUT2D eigenvalue weighted by Gasteiger charge is -2.39. The fourth-order valence-electron chi connectivity index (χ4n) is 7.00. The van der Waals surface area contributed by atoms with Gasteiger partial charge in [-0.25, -0.2) is 9.97 Å². The van der Waals surface area contributed by atoms with Gasteiger partial charge in [0.1, 0.15) is 5.69 Å². The van der Waals surface area contributed by atoms with Crippen molar-refractivity contribution in [3.63, 3.8) is 0 Å². The summed E-state index contributed by atoms with van der Waals surface area (Å²) in [6.07, 6.45) is 0.287. The van der Waals surface area contributed by atoms with Crippen LogP contribution in [0.1, 0.15) is 37.8 Å². The molecular formula is C24H32F3N5O4. The van der Waals surface area contributed by atoms with Crippen LogP contribution >= 0.6 is 0 Å². The Hall–Kier alpha value is -2.02. The number of carbonyl (C=O) groups excluding carboxylic acids is 1. The highest BCUT2D eigenvalue weighted by atomic mass is 19.4. The van der Waals surface area contributed by atoms with E-state index in [0.29, 0.717) is 45.8 Å². The van der Waals surface area contributed by atoms with Crippen molar-refractivity contribution in [2.45, 2.75) is 74.7 Å². The average molecular weight is 512 g/mol. The molecular weight excluding hydrogens is 479 g/mol. The molecule has 1 saturated carbocycles. The van der Waals surface area contributed by atoms with Crippen LogP contribution in [0.15, 0.2) is 12.3 Å². The van der Waals surface area contributed by atoms with Crippen LogP contribution in [0, 0.1) is 5.41 Å². The van der Waals surface area contributed by atoms with E-state index >= 15 is 0 Å². The number of hydrogen-bond acceptors (Lipinski definition) is 8. The van der Waals surface area contributed by atoms with E-state index in [0.717, 1.165) is 31.5 Å². The summed E-state index contributed by atoms with van der Waals surface area (Å²) in [4.78, 5) is 25.6. The molecule has 36 heavy (non-hydrogen) atoms. The molecule has 4 saturated heterocycles. The van der Waals surface area contributed by atoms with E-state index in [1.54, 1.807) is 7.11 Å². The molecule has 9 nitrogen and oxygen atoms in total. The SMILES string of the molecule is COC1COCCC1NC1CC2OCCC2(C(=O)N2C[C@@H]3CC2CN3c2nccc(C(F)(F)F)n2)C1. The number of methoxy groups -OCH3 is 1. The molecule has 1 aromatic heterocycles. The Morgan fingerprint density at radius 2 is 2.11 bits per heavy atom. The van der Waals surface area contributed by atoms with Gasteiger partial charge in [-0.3, -0.25) is 4.79 Å². The maximum atomic E-state index is 14.0. The first kappa shape index (κ1) is 24.3. The van der Waals surface area contributed by atoms with Gasteiger partial charge < -0.3 is 29.3 Å². The Morgan fingerprint density at radius 3 is 2.86 bits per heavy atom. The predicted molar refractivity (Wildman–Crippen MR) is 121 cm³/mol. The molecule has 0 radical (unpaired) electrons. The number of nitrogens with zero attached hydrogens (tertiary/aromatic N) is 4. The summed E-state index contributed by atoms with van der Waals surface area (Å²) in [5.41, 5.74) is -1.49. The Morgan fingerprint density at radius 1 is 1.25 bits per heavy atom. The van der Waals surface area contributed by atoms with Crippen molar-refractivity contribution in [2.24, 2.45) is 5.41 Å². The van der Waals surface area contributed by atoms with Gasteiger partial charge in [-0.15, -0.1) is 0 Å². The molecule has 4 aliphatic heterocycles. The minimum absolute atomic E-state index is 0.00914. The van der Waals surface area contributed by atoms with E-state index < -0.39 is 17.3 Å². The number of rotatable bonds is 5. The van der Waals surface area contributed by atoms with E-state index in [-0.39, 0.29) is 48.2 Å². The summed E-state index contributed by atoms with van der Waals surface area (Å²) in [7, 11) is 1.70. The van der Waals surface area contributed by atoms with E-state index in [2.05, 4.69) is 15.3 Å². The third-order valence-corrected chi connectivity index (χ3v) is 8.77. The van der Waals surface area contributed by atoms with Crippen molar-refractivity contribution in [1.82, 2.24) is 20.2 Å². The van der Waals surface area contributed by atoms with Crippen LogP contribution in [-0.2, 0) is 25.2 Å². The fourth-order valence-corrected chi connectivity index (χ4v) is 7.00. The van der Waals surface area contributed by atoms with Gasteiger partial charge in [0.2, 0.25) is 11.9 Å². The molecule has 6 unspecified atom stereocenters. The Bertz CT molecular complexity index is 999. The van der Waals surface area contributed by atoms with Crippen molar-refractivity contribution in [2.75, 3.05) is 44.9 Å². The number of likely N-dealkylation sites (tertiary alicyclic amines) is 1. The molecule has 1 amide bonds. The Kier molecular flexibility index (Phi) is 6.13. The number of fused-ring (bicyclic) bond motifs is 3. The molecule has 0 spiro atoms. The van der Waals surface area contributed by atoms with E-state index in [1.807, 2.05) is 9.80 Å². The van der Waals surface area contributed by atoms with Gasteiger partial charge in [0.25, 0.3) is 0 Å². The Labute approximate surface area is 207 Å². The zero-order chi connectivity index (χ0) is 25.1. The molecule has 1 N–H and O–H groups in total. The first-order chi connectivity index (χ1) is 17.3. The van der Waals surface area contributed by atoms with Crippen LogP contribution in [0.5, 0.6) is 0 Å². The van der Waals surface area contributed by atoms with Crippen molar-refractivity contribution < 1.29 is 32.2 Å². The fraction of sp³-hybridized carbons (Fsp3) is 0.792. The van der Waals surface area contributed by atoms with Gasteiger partial charge in [-0.1, -0.05) is 0 Å². The third-order valence-electron chi connectivity index (χ3n) is 8.77. The first-order valence-corrected chi connectivity index (χ1v) is 12.7. The van der Waals surface area contributed by atoms with Crippen LogP contribution in [-0.4, -0.2) is 97.2 Å². The molecule has 5 aliphatic rings. The minimum atomic E-state index is -4.52. The number of ether oxygens (including phenoxy) is 3. The quantitative estimate of drug-likeness (QED) is 0.638. The normalized spacial score (nSPS) is 38.1. The maximum absolute atomic E-state index is 14.0. The second-order valence-electron chi connectivity index (χ2n) is 10.7. The number of halogens is 3. The smallest absolute Gasteiger partial charge is 0.379 e. The van der Waals surface area contributed by atoms with E-state index in [4.69, 9.17) is 14.2 Å². The number of anilines is 1. The third kappa shape index (κ3) is 4.06. The molecule has 5 fully saturated rings. The monoisotopic (exact) mass is 511 g/mol. The molecule has 6 rings (SSSR count). The van der Waals surface area contributed by atoms with Crippen molar-refractivity contribution in [3.05, 3.63) is 18.0 Å². The standard InChI is InChI=1S/C24H32F3N5O4/c1-34-18-13-35-6-3-17(18)29-14-8-20-23(10-14,4-7-36-20)21(33)31-11-16-9-15(31)12-32(16)22-28-5-2-19(30-22)24(25,26)27/h2,5,14-18,20,29H,3-4,6-13H2,1H3/t14?,15?,16-,17?,18?,20?,23?/m0/s1. The zero-order valence-electron chi connectivity index (χ0n) is 20.2. The van der Waals surface area contributed by atoms with Gasteiger partial charge in [0.05, 0.1) is 36.3 Å². The van der Waals surface area contributed by atoms with E-state index in [9.17, 15) is 18.0 Å². The number of aromatic nitrogens is 2. The number of nitrogens with one attached hydrogen (secondary N) is 1. The highest BCUT2D eigenvalue weighted by molar-refractivity contribution is 5.85. The van der Waals surface area contributed by atoms with Crippen molar-refractivity contribution >= 4 is 11.9 Å². The maximum Gasteiger partial charge on any atom is 0.433 e. The molecule has 7 atom stereocenters. The van der Waals surface area contributed by atoms with Crippen molar-refractivity contribution in [1.29, 1.82) is 0 Å². The lowest BCUT2D eigenvalue weighted by molar-refractivity contribution is -0.145. The Balaban J connectivity index is 1.13.